The van der Waals surface area contributed by atoms with Crippen LogP contribution in [0.3, 0.4) is 0 Å². The van der Waals surface area contributed by atoms with Gasteiger partial charge in [0.2, 0.25) is 11.1 Å². The number of ether oxygens (including phenoxy) is 1. The van der Waals surface area contributed by atoms with Gasteiger partial charge < -0.3 is 4.74 Å². The van der Waals surface area contributed by atoms with Gasteiger partial charge in [-0.2, -0.15) is 9.37 Å². The number of hydrogen-bond acceptors (Lipinski definition) is 5. The Balaban J connectivity index is 2.40. The van der Waals surface area contributed by atoms with Crippen LogP contribution < -0.4 is 4.74 Å². The fraction of sp³-hybridized carbons (Fsp3) is 0.0909. The van der Waals surface area contributed by atoms with E-state index in [-0.39, 0.29) is 22.6 Å². The standard InChI is InChI=1S/C11H7ClFN3O3/c1-6-2-3-7(16(17)18)4-9(6)19-10-8(13)5-14-11(12)15-10/h2-5H,1H3. The van der Waals surface area contributed by atoms with E-state index < -0.39 is 10.7 Å². The highest BCUT2D eigenvalue weighted by Crippen LogP contribution is 2.29. The third-order valence-electron chi connectivity index (χ3n) is 2.27. The molecule has 0 unspecified atom stereocenters. The van der Waals surface area contributed by atoms with Gasteiger partial charge in [-0.3, -0.25) is 10.1 Å². The molecule has 8 heteroatoms. The summed E-state index contributed by atoms with van der Waals surface area (Å²) in [5.74, 6) is -1.07. The highest BCUT2D eigenvalue weighted by atomic mass is 35.5. The molecular weight excluding hydrogens is 277 g/mol. The molecule has 1 heterocycles. The van der Waals surface area contributed by atoms with Crippen molar-refractivity contribution in [2.75, 3.05) is 0 Å². The molecule has 2 rings (SSSR count). The Kier molecular flexibility index (Phi) is 3.57. The topological polar surface area (TPSA) is 78.2 Å². The number of halogens is 2. The highest BCUT2D eigenvalue weighted by Gasteiger charge is 2.14. The lowest BCUT2D eigenvalue weighted by Gasteiger charge is -2.08. The molecule has 0 saturated heterocycles. The highest BCUT2D eigenvalue weighted by molar-refractivity contribution is 6.28. The van der Waals surface area contributed by atoms with Gasteiger partial charge in [0.1, 0.15) is 5.75 Å². The first kappa shape index (κ1) is 13.2. The van der Waals surface area contributed by atoms with Crippen molar-refractivity contribution >= 4 is 17.3 Å². The number of benzene rings is 1. The number of nitro groups is 1. The Morgan fingerprint density at radius 2 is 2.21 bits per heavy atom. The quantitative estimate of drug-likeness (QED) is 0.491. The number of hydrogen-bond donors (Lipinski definition) is 0. The summed E-state index contributed by atoms with van der Waals surface area (Å²) >= 11 is 5.53. The molecule has 0 bridgehead atoms. The number of non-ortho nitro benzene ring substituents is 1. The first-order valence-corrected chi connectivity index (χ1v) is 5.46. The van der Waals surface area contributed by atoms with Crippen LogP contribution in [0.25, 0.3) is 0 Å². The number of nitrogens with zero attached hydrogens (tertiary/aromatic N) is 3. The van der Waals surface area contributed by atoms with E-state index in [4.69, 9.17) is 16.3 Å². The summed E-state index contributed by atoms with van der Waals surface area (Å²) in [4.78, 5) is 17.1. The summed E-state index contributed by atoms with van der Waals surface area (Å²) in [6, 6.07) is 4.00. The second-order valence-electron chi connectivity index (χ2n) is 3.60. The monoisotopic (exact) mass is 283 g/mol. The maximum Gasteiger partial charge on any atom is 0.273 e. The van der Waals surface area contributed by atoms with Crippen molar-refractivity contribution in [1.29, 1.82) is 0 Å². The average Bonchev–Trinajstić information content (AvgIpc) is 2.36. The van der Waals surface area contributed by atoms with Gasteiger partial charge in [-0.25, -0.2) is 4.98 Å². The Morgan fingerprint density at radius 1 is 1.47 bits per heavy atom. The smallest absolute Gasteiger partial charge is 0.273 e. The number of nitro benzene ring substituents is 1. The Bertz CT molecular complexity index is 651. The van der Waals surface area contributed by atoms with E-state index in [1.807, 2.05) is 0 Å². The lowest BCUT2D eigenvalue weighted by Crippen LogP contribution is -1.97. The van der Waals surface area contributed by atoms with Crippen molar-refractivity contribution in [3.63, 3.8) is 0 Å². The van der Waals surface area contributed by atoms with Gasteiger partial charge in [0.15, 0.2) is 0 Å². The molecule has 0 amide bonds. The summed E-state index contributed by atoms with van der Waals surface area (Å²) in [6.45, 7) is 1.67. The summed E-state index contributed by atoms with van der Waals surface area (Å²) in [7, 11) is 0. The van der Waals surface area contributed by atoms with Gasteiger partial charge >= 0.3 is 0 Å². The van der Waals surface area contributed by atoms with Gasteiger partial charge in [0, 0.05) is 6.07 Å². The third kappa shape index (κ3) is 2.94. The second-order valence-corrected chi connectivity index (χ2v) is 3.94. The lowest BCUT2D eigenvalue weighted by atomic mass is 10.2. The van der Waals surface area contributed by atoms with E-state index >= 15 is 0 Å². The summed E-state index contributed by atoms with van der Waals surface area (Å²) in [6.07, 6.45) is 0.858. The molecule has 19 heavy (non-hydrogen) atoms. The van der Waals surface area contributed by atoms with Crippen molar-refractivity contribution in [1.82, 2.24) is 9.97 Å². The summed E-state index contributed by atoms with van der Waals surface area (Å²) in [5, 5.41) is 10.5. The van der Waals surface area contributed by atoms with E-state index in [9.17, 15) is 14.5 Å². The van der Waals surface area contributed by atoms with Gasteiger partial charge in [0.25, 0.3) is 11.6 Å². The third-order valence-corrected chi connectivity index (χ3v) is 2.45. The number of aromatic nitrogens is 2. The largest absolute Gasteiger partial charge is 0.436 e. The average molecular weight is 284 g/mol. The fourth-order valence-corrected chi connectivity index (χ4v) is 1.44. The Hall–Kier alpha value is -2.28. The SMILES string of the molecule is Cc1ccc([N+](=O)[O-])cc1Oc1nc(Cl)ncc1F. The van der Waals surface area contributed by atoms with Crippen LogP contribution in [0.15, 0.2) is 24.4 Å². The predicted molar refractivity (Wildman–Crippen MR) is 64.9 cm³/mol. The lowest BCUT2D eigenvalue weighted by molar-refractivity contribution is -0.384. The van der Waals surface area contributed by atoms with Gasteiger partial charge in [-0.05, 0) is 30.2 Å². The zero-order valence-corrected chi connectivity index (χ0v) is 10.4. The molecule has 0 aliphatic heterocycles. The minimum Gasteiger partial charge on any atom is -0.436 e. The van der Waals surface area contributed by atoms with Gasteiger partial charge in [0.05, 0.1) is 17.2 Å². The minimum atomic E-state index is -0.810. The molecule has 0 aliphatic rings. The van der Waals surface area contributed by atoms with Crippen LogP contribution in [-0.2, 0) is 0 Å². The normalized spacial score (nSPS) is 10.3. The van der Waals surface area contributed by atoms with Crippen molar-refractivity contribution in [2.45, 2.75) is 6.92 Å². The van der Waals surface area contributed by atoms with Crippen molar-refractivity contribution < 1.29 is 14.1 Å². The second kappa shape index (κ2) is 5.15. The Morgan fingerprint density at radius 3 is 2.89 bits per heavy atom. The van der Waals surface area contributed by atoms with E-state index in [0.29, 0.717) is 5.56 Å². The van der Waals surface area contributed by atoms with E-state index in [1.54, 1.807) is 6.92 Å². The molecule has 0 atom stereocenters. The fourth-order valence-electron chi connectivity index (χ4n) is 1.32. The number of rotatable bonds is 3. The maximum absolute atomic E-state index is 13.4. The molecule has 1 aromatic carbocycles. The predicted octanol–water partition coefficient (Wildman–Crippen LogP) is 3.28. The molecular formula is C11H7ClFN3O3. The molecule has 0 radical (unpaired) electrons. The van der Waals surface area contributed by atoms with Gasteiger partial charge in [-0.1, -0.05) is 0 Å². The van der Waals surface area contributed by atoms with Crippen LogP contribution in [0.5, 0.6) is 11.6 Å². The van der Waals surface area contributed by atoms with Crippen LogP contribution in [0.4, 0.5) is 10.1 Å². The molecule has 2 aromatic rings. The summed E-state index contributed by atoms with van der Waals surface area (Å²) < 4.78 is 18.6. The molecule has 0 N–H and O–H groups in total. The molecule has 6 nitrogen and oxygen atoms in total. The number of aryl methyl sites for hydroxylation is 1. The molecule has 0 aliphatic carbocycles. The van der Waals surface area contributed by atoms with Crippen LogP contribution >= 0.6 is 11.6 Å². The first-order valence-electron chi connectivity index (χ1n) is 5.08. The summed E-state index contributed by atoms with van der Waals surface area (Å²) in [5.41, 5.74) is 0.431. The van der Waals surface area contributed by atoms with Crippen LogP contribution in [0.1, 0.15) is 5.56 Å². The van der Waals surface area contributed by atoms with Crippen LogP contribution in [0.2, 0.25) is 5.28 Å². The van der Waals surface area contributed by atoms with Crippen molar-refractivity contribution in [3.05, 3.63) is 51.2 Å². The molecule has 0 saturated carbocycles. The zero-order chi connectivity index (χ0) is 14.0. The molecule has 0 fully saturated rings. The zero-order valence-electron chi connectivity index (χ0n) is 9.63. The minimum absolute atomic E-state index is 0.128. The van der Waals surface area contributed by atoms with Crippen LogP contribution in [-0.4, -0.2) is 14.9 Å². The molecule has 98 valence electrons. The first-order chi connectivity index (χ1) is 8.97. The Labute approximate surface area is 112 Å². The van der Waals surface area contributed by atoms with E-state index in [1.165, 1.54) is 18.2 Å². The molecule has 1 aromatic heterocycles. The van der Waals surface area contributed by atoms with E-state index in [0.717, 1.165) is 6.20 Å². The van der Waals surface area contributed by atoms with E-state index in [2.05, 4.69) is 9.97 Å². The van der Waals surface area contributed by atoms with Gasteiger partial charge in [-0.15, -0.1) is 0 Å². The molecule has 0 spiro atoms. The van der Waals surface area contributed by atoms with Crippen LogP contribution in [0, 0.1) is 22.9 Å². The van der Waals surface area contributed by atoms with Crippen molar-refractivity contribution in [2.24, 2.45) is 0 Å². The van der Waals surface area contributed by atoms with Crippen molar-refractivity contribution in [3.8, 4) is 11.6 Å². The maximum atomic E-state index is 13.4.